The minimum Gasteiger partial charge on any atom is -0.375 e. The van der Waals surface area contributed by atoms with E-state index in [0.717, 1.165) is 11.3 Å². The van der Waals surface area contributed by atoms with Gasteiger partial charge in [-0.05, 0) is 6.07 Å². The summed E-state index contributed by atoms with van der Waals surface area (Å²) in [7, 11) is 0. The Labute approximate surface area is 93.6 Å². The lowest BCUT2D eigenvalue weighted by Gasteiger charge is -2.20. The highest BCUT2D eigenvalue weighted by atomic mass is 35.5. The van der Waals surface area contributed by atoms with Crippen molar-refractivity contribution in [3.63, 3.8) is 0 Å². The maximum atomic E-state index is 11.6. The van der Waals surface area contributed by atoms with Crippen molar-refractivity contribution in [1.29, 1.82) is 0 Å². The van der Waals surface area contributed by atoms with Gasteiger partial charge in [0.1, 0.15) is 5.88 Å². The van der Waals surface area contributed by atoms with E-state index in [1.807, 2.05) is 24.3 Å². The standard InChI is InChI=1S/C11H12ClNO2/c12-7-11(14)13-5-6-15-8-9-3-1-2-4-10(9)13/h1-4H,5-8H2. The van der Waals surface area contributed by atoms with E-state index < -0.39 is 0 Å². The first kappa shape index (κ1) is 10.5. The van der Waals surface area contributed by atoms with Crippen molar-refractivity contribution < 1.29 is 9.53 Å². The first-order valence-electron chi connectivity index (χ1n) is 4.85. The van der Waals surface area contributed by atoms with Crippen molar-refractivity contribution in [3.8, 4) is 0 Å². The van der Waals surface area contributed by atoms with E-state index in [2.05, 4.69) is 0 Å². The van der Waals surface area contributed by atoms with Crippen LogP contribution in [0.3, 0.4) is 0 Å². The second-order valence-electron chi connectivity index (χ2n) is 3.36. The number of carbonyl (C=O) groups is 1. The number of rotatable bonds is 1. The number of carbonyl (C=O) groups excluding carboxylic acids is 1. The maximum absolute atomic E-state index is 11.6. The average Bonchev–Trinajstić information content (AvgIpc) is 2.50. The number of ether oxygens (including phenoxy) is 1. The molecule has 1 aliphatic rings. The molecule has 0 radical (unpaired) electrons. The summed E-state index contributed by atoms with van der Waals surface area (Å²) in [5.74, 6) is -0.0662. The summed E-state index contributed by atoms with van der Waals surface area (Å²) < 4.78 is 5.41. The van der Waals surface area contributed by atoms with Gasteiger partial charge in [0.2, 0.25) is 5.91 Å². The molecule has 0 saturated carbocycles. The first-order valence-corrected chi connectivity index (χ1v) is 5.38. The molecule has 0 spiro atoms. The van der Waals surface area contributed by atoms with E-state index >= 15 is 0 Å². The Morgan fingerprint density at radius 3 is 3.07 bits per heavy atom. The zero-order valence-corrected chi connectivity index (χ0v) is 9.04. The third-order valence-electron chi connectivity index (χ3n) is 2.41. The third-order valence-corrected chi connectivity index (χ3v) is 2.64. The predicted octanol–water partition coefficient (Wildman–Crippen LogP) is 1.79. The molecule has 0 aliphatic carbocycles. The molecule has 0 bridgehead atoms. The highest BCUT2D eigenvalue weighted by Crippen LogP contribution is 2.23. The molecule has 4 heteroatoms. The first-order chi connectivity index (χ1) is 7.33. The van der Waals surface area contributed by atoms with Gasteiger partial charge in [0.15, 0.2) is 0 Å². The SMILES string of the molecule is O=C(CCl)N1CCOCc2ccccc21. The summed E-state index contributed by atoms with van der Waals surface area (Å²) in [5, 5.41) is 0. The molecule has 80 valence electrons. The van der Waals surface area contributed by atoms with Crippen LogP contribution in [0.2, 0.25) is 0 Å². The van der Waals surface area contributed by atoms with Gasteiger partial charge in [-0.1, -0.05) is 18.2 Å². The molecule has 1 aliphatic heterocycles. The van der Waals surface area contributed by atoms with Crippen LogP contribution >= 0.6 is 11.6 Å². The van der Waals surface area contributed by atoms with Gasteiger partial charge in [-0.3, -0.25) is 4.79 Å². The molecule has 1 heterocycles. The predicted molar refractivity (Wildman–Crippen MR) is 59.2 cm³/mol. The van der Waals surface area contributed by atoms with Crippen LogP contribution in [0.5, 0.6) is 0 Å². The quantitative estimate of drug-likeness (QED) is 0.682. The number of fused-ring (bicyclic) bond motifs is 1. The van der Waals surface area contributed by atoms with Gasteiger partial charge in [-0.25, -0.2) is 0 Å². The molecule has 1 aromatic carbocycles. The summed E-state index contributed by atoms with van der Waals surface area (Å²) in [4.78, 5) is 13.3. The maximum Gasteiger partial charge on any atom is 0.241 e. The fourth-order valence-electron chi connectivity index (χ4n) is 1.69. The van der Waals surface area contributed by atoms with Crippen LogP contribution in [-0.4, -0.2) is 24.9 Å². The minimum atomic E-state index is -0.0744. The van der Waals surface area contributed by atoms with Crippen molar-refractivity contribution in [3.05, 3.63) is 29.8 Å². The summed E-state index contributed by atoms with van der Waals surface area (Å²) >= 11 is 5.57. The highest BCUT2D eigenvalue weighted by Gasteiger charge is 2.19. The molecule has 0 unspecified atom stereocenters. The fourth-order valence-corrected chi connectivity index (χ4v) is 1.83. The second-order valence-corrected chi connectivity index (χ2v) is 3.63. The summed E-state index contributed by atoms with van der Waals surface area (Å²) in [6.45, 7) is 1.68. The molecule has 0 fully saturated rings. The van der Waals surface area contributed by atoms with Crippen molar-refractivity contribution in [2.75, 3.05) is 23.9 Å². The van der Waals surface area contributed by atoms with Crippen LogP contribution in [0.25, 0.3) is 0 Å². The molecule has 15 heavy (non-hydrogen) atoms. The molecule has 0 aromatic heterocycles. The van der Waals surface area contributed by atoms with Gasteiger partial charge >= 0.3 is 0 Å². The van der Waals surface area contributed by atoms with E-state index in [-0.39, 0.29) is 11.8 Å². The van der Waals surface area contributed by atoms with Crippen LogP contribution in [0.1, 0.15) is 5.56 Å². The summed E-state index contributed by atoms with van der Waals surface area (Å²) in [6, 6.07) is 7.75. The molecular weight excluding hydrogens is 214 g/mol. The number of para-hydroxylation sites is 1. The molecule has 2 rings (SSSR count). The van der Waals surface area contributed by atoms with Crippen LogP contribution < -0.4 is 4.90 Å². The second kappa shape index (κ2) is 4.64. The van der Waals surface area contributed by atoms with E-state index in [1.165, 1.54) is 0 Å². The van der Waals surface area contributed by atoms with Gasteiger partial charge in [0.05, 0.1) is 13.2 Å². The van der Waals surface area contributed by atoms with Crippen LogP contribution in [0.4, 0.5) is 5.69 Å². The molecule has 3 nitrogen and oxygen atoms in total. The van der Waals surface area contributed by atoms with E-state index in [1.54, 1.807) is 4.90 Å². The smallest absolute Gasteiger partial charge is 0.241 e. The van der Waals surface area contributed by atoms with Crippen LogP contribution in [-0.2, 0) is 16.1 Å². The van der Waals surface area contributed by atoms with Crippen LogP contribution in [0.15, 0.2) is 24.3 Å². The van der Waals surface area contributed by atoms with Gasteiger partial charge in [0, 0.05) is 17.8 Å². The Hall–Kier alpha value is -1.06. The van der Waals surface area contributed by atoms with Gasteiger partial charge in [0.25, 0.3) is 0 Å². The minimum absolute atomic E-state index is 0.00827. The van der Waals surface area contributed by atoms with Gasteiger partial charge in [-0.2, -0.15) is 0 Å². The van der Waals surface area contributed by atoms with Crippen LogP contribution in [0, 0.1) is 0 Å². The molecule has 0 N–H and O–H groups in total. The Kier molecular flexibility index (Phi) is 3.23. The molecule has 0 saturated heterocycles. The number of halogens is 1. The largest absolute Gasteiger partial charge is 0.375 e. The Bertz CT molecular complexity index is 367. The van der Waals surface area contributed by atoms with Crippen molar-refractivity contribution >= 4 is 23.2 Å². The zero-order chi connectivity index (χ0) is 10.7. The number of benzene rings is 1. The average molecular weight is 226 g/mol. The number of hydrogen-bond donors (Lipinski definition) is 0. The summed E-state index contributed by atoms with van der Waals surface area (Å²) in [6.07, 6.45) is 0. The van der Waals surface area contributed by atoms with E-state index in [9.17, 15) is 4.79 Å². The van der Waals surface area contributed by atoms with Gasteiger partial charge in [-0.15, -0.1) is 11.6 Å². The number of alkyl halides is 1. The number of anilines is 1. The Morgan fingerprint density at radius 1 is 1.47 bits per heavy atom. The zero-order valence-electron chi connectivity index (χ0n) is 8.28. The number of nitrogens with zero attached hydrogens (tertiary/aromatic N) is 1. The molecular formula is C11H12ClNO2. The highest BCUT2D eigenvalue weighted by molar-refractivity contribution is 6.29. The van der Waals surface area contributed by atoms with E-state index in [4.69, 9.17) is 16.3 Å². The molecule has 1 amide bonds. The van der Waals surface area contributed by atoms with Gasteiger partial charge < -0.3 is 9.64 Å². The van der Waals surface area contributed by atoms with E-state index in [0.29, 0.717) is 19.8 Å². The Morgan fingerprint density at radius 2 is 2.27 bits per heavy atom. The third kappa shape index (κ3) is 2.13. The lowest BCUT2D eigenvalue weighted by Crippen LogP contribution is -2.34. The Balaban J connectivity index is 2.37. The monoisotopic (exact) mass is 225 g/mol. The fraction of sp³-hybridized carbons (Fsp3) is 0.364. The van der Waals surface area contributed by atoms with Crippen molar-refractivity contribution in [2.24, 2.45) is 0 Å². The summed E-state index contributed by atoms with van der Waals surface area (Å²) in [5.41, 5.74) is 1.95. The molecule has 1 aromatic rings. The van der Waals surface area contributed by atoms with Crippen molar-refractivity contribution in [1.82, 2.24) is 0 Å². The lowest BCUT2D eigenvalue weighted by atomic mass is 10.1. The van der Waals surface area contributed by atoms with Crippen molar-refractivity contribution in [2.45, 2.75) is 6.61 Å². The normalized spacial score (nSPS) is 15.7. The molecule has 0 atom stereocenters. The number of hydrogen-bond acceptors (Lipinski definition) is 2. The topological polar surface area (TPSA) is 29.5 Å². The lowest BCUT2D eigenvalue weighted by molar-refractivity contribution is -0.116. The number of amides is 1.